The molecular weight excluding hydrogens is 94.0 g/mol. The highest BCUT2D eigenvalue weighted by molar-refractivity contribution is 5.69. The molecule has 1 fully saturated rings. The molecule has 1 N–H and O–H groups in total. The molecule has 1 heterocycles. The van der Waals surface area contributed by atoms with E-state index in [1.807, 2.05) is 0 Å². The van der Waals surface area contributed by atoms with Gasteiger partial charge in [0.1, 0.15) is 6.61 Å². The van der Waals surface area contributed by atoms with Crippen molar-refractivity contribution in [3.05, 3.63) is 6.92 Å². The summed E-state index contributed by atoms with van der Waals surface area (Å²) in [7, 11) is 0. The number of cyclic esters (lactones) is 1. The highest BCUT2D eigenvalue weighted by Gasteiger charge is 2.16. The Morgan fingerprint density at radius 1 is 2.00 bits per heavy atom. The van der Waals surface area contributed by atoms with E-state index >= 15 is 0 Å². The van der Waals surface area contributed by atoms with Crippen LogP contribution in [0, 0.1) is 6.92 Å². The third kappa shape index (κ3) is 0.824. The molecule has 1 saturated heterocycles. The minimum absolute atomic E-state index is 0.0486. The van der Waals surface area contributed by atoms with Crippen LogP contribution in [0.3, 0.4) is 0 Å². The van der Waals surface area contributed by atoms with Crippen molar-refractivity contribution in [2.75, 3.05) is 6.61 Å². The molecule has 3 nitrogen and oxygen atoms in total. The molecule has 3 heteroatoms. The van der Waals surface area contributed by atoms with Gasteiger partial charge in [0.15, 0.2) is 0 Å². The predicted octanol–water partition coefficient (Wildman–Crippen LogP) is -0.0711. The quantitative estimate of drug-likeness (QED) is 0.462. The molecule has 0 aliphatic carbocycles. The summed E-state index contributed by atoms with van der Waals surface area (Å²) in [6, 6.07) is -0.0486. The Labute approximate surface area is 41.7 Å². The number of rotatable bonds is 0. The second kappa shape index (κ2) is 1.40. The van der Waals surface area contributed by atoms with Gasteiger partial charge < -0.3 is 10.1 Å². The normalized spacial score (nSPS) is 29.3. The van der Waals surface area contributed by atoms with E-state index in [4.69, 9.17) is 0 Å². The third-order valence-corrected chi connectivity index (χ3v) is 0.738. The number of carbonyl (C=O) groups excluding carboxylic acids is 1. The van der Waals surface area contributed by atoms with Crippen LogP contribution in [-0.4, -0.2) is 18.7 Å². The van der Waals surface area contributed by atoms with E-state index < -0.39 is 0 Å². The van der Waals surface area contributed by atoms with Crippen LogP contribution in [0.2, 0.25) is 0 Å². The van der Waals surface area contributed by atoms with Crippen molar-refractivity contribution in [2.24, 2.45) is 0 Å². The van der Waals surface area contributed by atoms with Gasteiger partial charge in [-0.1, -0.05) is 0 Å². The lowest BCUT2D eigenvalue weighted by Crippen LogP contribution is -2.22. The highest BCUT2D eigenvalue weighted by Crippen LogP contribution is 1.92. The summed E-state index contributed by atoms with van der Waals surface area (Å²) in [6.07, 6.45) is -0.361. The van der Waals surface area contributed by atoms with Gasteiger partial charge in [0.2, 0.25) is 0 Å². The number of carbonyl (C=O) groups is 1. The Bertz CT molecular complexity index is 91.7. The van der Waals surface area contributed by atoms with Gasteiger partial charge in [0.05, 0.1) is 6.04 Å². The van der Waals surface area contributed by atoms with Crippen molar-refractivity contribution in [3.63, 3.8) is 0 Å². The van der Waals surface area contributed by atoms with Crippen molar-refractivity contribution >= 4 is 6.09 Å². The van der Waals surface area contributed by atoms with E-state index in [0.717, 1.165) is 0 Å². The molecule has 1 amide bonds. The van der Waals surface area contributed by atoms with Crippen molar-refractivity contribution in [1.29, 1.82) is 0 Å². The van der Waals surface area contributed by atoms with E-state index in [9.17, 15) is 4.79 Å². The number of hydrogen-bond acceptors (Lipinski definition) is 2. The summed E-state index contributed by atoms with van der Waals surface area (Å²) in [5.41, 5.74) is 0. The van der Waals surface area contributed by atoms with Gasteiger partial charge in [0, 0.05) is 0 Å². The fourth-order valence-electron chi connectivity index (χ4n) is 0.426. The molecule has 1 aliphatic heterocycles. The number of nitrogens with one attached hydrogen (secondary N) is 1. The standard InChI is InChI=1S/C4H6NO2/c1-3-2-7-4(6)5-3/h3H,1-2H2,(H,5,6)/t3-/m0/s1. The molecule has 1 aliphatic rings. The first-order valence-electron chi connectivity index (χ1n) is 2.05. The lowest BCUT2D eigenvalue weighted by atomic mass is 10.4. The summed E-state index contributed by atoms with van der Waals surface area (Å²) in [5.74, 6) is 0. The van der Waals surface area contributed by atoms with Crippen LogP contribution in [-0.2, 0) is 4.74 Å². The molecule has 7 heavy (non-hydrogen) atoms. The first-order valence-corrected chi connectivity index (χ1v) is 2.05. The summed E-state index contributed by atoms with van der Waals surface area (Å²) in [4.78, 5) is 10.1. The zero-order valence-electron chi connectivity index (χ0n) is 3.81. The minimum atomic E-state index is -0.361. The molecule has 1 atom stereocenters. The second-order valence-corrected chi connectivity index (χ2v) is 1.44. The zero-order valence-corrected chi connectivity index (χ0v) is 3.81. The summed E-state index contributed by atoms with van der Waals surface area (Å²) in [6.45, 7) is 3.93. The summed E-state index contributed by atoms with van der Waals surface area (Å²) < 4.78 is 4.45. The number of hydrogen-bond donors (Lipinski definition) is 1. The van der Waals surface area contributed by atoms with Crippen LogP contribution in [0.5, 0.6) is 0 Å². The fourth-order valence-corrected chi connectivity index (χ4v) is 0.426. The zero-order chi connectivity index (χ0) is 5.28. The molecule has 1 radical (unpaired) electrons. The summed E-state index contributed by atoms with van der Waals surface area (Å²) >= 11 is 0. The van der Waals surface area contributed by atoms with Crippen LogP contribution < -0.4 is 5.32 Å². The number of ether oxygens (including phenoxy) is 1. The highest BCUT2D eigenvalue weighted by atomic mass is 16.6. The molecule has 0 aromatic heterocycles. The van der Waals surface area contributed by atoms with Crippen LogP contribution in [0.4, 0.5) is 4.79 Å². The Hall–Kier alpha value is -0.730. The molecule has 0 bridgehead atoms. The van der Waals surface area contributed by atoms with Gasteiger partial charge in [0.25, 0.3) is 0 Å². The van der Waals surface area contributed by atoms with Crippen LogP contribution in [0.15, 0.2) is 0 Å². The van der Waals surface area contributed by atoms with Crippen molar-refractivity contribution < 1.29 is 9.53 Å². The maximum atomic E-state index is 10.1. The fraction of sp³-hybridized carbons (Fsp3) is 0.500. The topological polar surface area (TPSA) is 38.3 Å². The Kier molecular flexibility index (Phi) is 0.889. The van der Waals surface area contributed by atoms with E-state index in [2.05, 4.69) is 17.0 Å². The van der Waals surface area contributed by atoms with E-state index in [0.29, 0.717) is 6.61 Å². The molecule has 0 saturated carbocycles. The SMILES string of the molecule is [CH2][C@H]1COC(=O)N1. The number of amides is 1. The minimum Gasteiger partial charge on any atom is -0.447 e. The van der Waals surface area contributed by atoms with E-state index in [-0.39, 0.29) is 12.1 Å². The van der Waals surface area contributed by atoms with Crippen LogP contribution in [0.1, 0.15) is 0 Å². The molecule has 0 aromatic carbocycles. The second-order valence-electron chi connectivity index (χ2n) is 1.44. The Balaban J connectivity index is 2.40. The molecule has 39 valence electrons. The van der Waals surface area contributed by atoms with Gasteiger partial charge in [-0.3, -0.25) is 0 Å². The van der Waals surface area contributed by atoms with Crippen molar-refractivity contribution in [1.82, 2.24) is 5.32 Å². The van der Waals surface area contributed by atoms with E-state index in [1.165, 1.54) is 0 Å². The number of alkyl carbamates (subject to hydrolysis) is 1. The average molecular weight is 100 g/mol. The van der Waals surface area contributed by atoms with Crippen molar-refractivity contribution in [3.8, 4) is 0 Å². The van der Waals surface area contributed by atoms with Gasteiger partial charge >= 0.3 is 6.09 Å². The average Bonchev–Trinajstić information content (AvgIpc) is 1.87. The molecule has 0 spiro atoms. The monoisotopic (exact) mass is 100 g/mol. The van der Waals surface area contributed by atoms with Gasteiger partial charge in [-0.05, 0) is 6.92 Å². The van der Waals surface area contributed by atoms with Gasteiger partial charge in [-0.25, -0.2) is 4.79 Å². The lowest BCUT2D eigenvalue weighted by molar-refractivity contribution is 0.177. The first-order chi connectivity index (χ1) is 3.29. The lowest BCUT2D eigenvalue weighted by Gasteiger charge is -1.90. The maximum absolute atomic E-state index is 10.1. The predicted molar refractivity (Wildman–Crippen MR) is 23.6 cm³/mol. The van der Waals surface area contributed by atoms with E-state index in [1.54, 1.807) is 0 Å². The molecule has 0 aromatic rings. The Morgan fingerprint density at radius 3 is 2.86 bits per heavy atom. The molecule has 1 rings (SSSR count). The Morgan fingerprint density at radius 2 is 2.71 bits per heavy atom. The summed E-state index contributed by atoms with van der Waals surface area (Å²) in [5, 5.41) is 2.44. The molecule has 0 unspecified atom stereocenters. The maximum Gasteiger partial charge on any atom is 0.407 e. The smallest absolute Gasteiger partial charge is 0.407 e. The first kappa shape index (κ1) is 4.43. The van der Waals surface area contributed by atoms with Crippen molar-refractivity contribution in [2.45, 2.75) is 6.04 Å². The molecular formula is C4H6NO2. The van der Waals surface area contributed by atoms with Crippen LogP contribution in [0.25, 0.3) is 0 Å². The third-order valence-electron chi connectivity index (χ3n) is 0.738. The van der Waals surface area contributed by atoms with Gasteiger partial charge in [-0.15, -0.1) is 0 Å². The largest absolute Gasteiger partial charge is 0.447 e. The van der Waals surface area contributed by atoms with Crippen LogP contribution >= 0.6 is 0 Å². The van der Waals surface area contributed by atoms with Gasteiger partial charge in [-0.2, -0.15) is 0 Å².